The standard InChI is InChI=1S/C3H3BrP2/c4-3-1-2-5-6-3/h1-2,6H. The highest BCUT2D eigenvalue weighted by molar-refractivity contribution is 9.11. The van der Waals surface area contributed by atoms with E-state index in [2.05, 4.69) is 27.8 Å². The second kappa shape index (κ2) is 2.12. The zero-order valence-corrected chi connectivity index (χ0v) is 6.46. The minimum Gasteiger partial charge on any atom is -0.0958 e. The summed E-state index contributed by atoms with van der Waals surface area (Å²) in [6.45, 7) is 0. The van der Waals surface area contributed by atoms with Crippen molar-refractivity contribution in [3.8, 4) is 0 Å². The van der Waals surface area contributed by atoms with Gasteiger partial charge in [-0.25, -0.2) is 0 Å². The van der Waals surface area contributed by atoms with E-state index in [0.717, 1.165) is 7.87 Å². The Morgan fingerprint density at radius 1 is 1.83 bits per heavy atom. The third-order valence-corrected chi connectivity index (χ3v) is 4.61. The minimum atomic E-state index is 0.977. The lowest BCUT2D eigenvalue weighted by Crippen LogP contribution is -1.28. The Morgan fingerprint density at radius 2 is 2.67 bits per heavy atom. The molecule has 0 spiro atoms. The van der Waals surface area contributed by atoms with E-state index < -0.39 is 0 Å². The Labute approximate surface area is 48.2 Å². The van der Waals surface area contributed by atoms with Gasteiger partial charge in [0.15, 0.2) is 0 Å². The number of rotatable bonds is 0. The molecule has 1 heterocycles. The third kappa shape index (κ3) is 1.08. The maximum atomic E-state index is 3.37. The van der Waals surface area contributed by atoms with E-state index in [0.29, 0.717) is 0 Å². The van der Waals surface area contributed by atoms with Crippen LogP contribution in [0.1, 0.15) is 0 Å². The molecule has 0 fully saturated rings. The average Bonchev–Trinajstić information content (AvgIpc) is 1.86. The maximum Gasteiger partial charge on any atom is 0.0384 e. The number of hydrogen-bond donors (Lipinski definition) is 0. The monoisotopic (exact) mass is 180 g/mol. The molecule has 0 aliphatic rings. The van der Waals surface area contributed by atoms with Crippen LogP contribution in [-0.4, -0.2) is 0 Å². The van der Waals surface area contributed by atoms with Gasteiger partial charge in [0, 0.05) is 4.20 Å². The molecule has 32 valence electrons. The van der Waals surface area contributed by atoms with E-state index in [4.69, 9.17) is 0 Å². The molecule has 1 atom stereocenters. The molecule has 0 aliphatic carbocycles. The second-order valence-corrected chi connectivity index (χ2v) is 5.25. The van der Waals surface area contributed by atoms with E-state index in [1.165, 1.54) is 12.1 Å². The van der Waals surface area contributed by atoms with Crippen molar-refractivity contribution in [3.63, 3.8) is 0 Å². The van der Waals surface area contributed by atoms with Gasteiger partial charge in [-0.1, -0.05) is 15.7 Å². The predicted molar refractivity (Wildman–Crippen MR) is 36.2 cm³/mol. The summed E-state index contributed by atoms with van der Waals surface area (Å²) < 4.78 is 1.35. The highest BCUT2D eigenvalue weighted by Gasteiger charge is 1.76. The summed E-state index contributed by atoms with van der Waals surface area (Å²) in [5.41, 5.74) is 0. The van der Waals surface area contributed by atoms with Crippen LogP contribution < -0.4 is 0 Å². The first-order valence-corrected chi connectivity index (χ1v) is 5.14. The molecular weight excluding hydrogens is 178 g/mol. The van der Waals surface area contributed by atoms with Gasteiger partial charge in [0.05, 0.1) is 0 Å². The summed E-state index contributed by atoms with van der Waals surface area (Å²) in [5.74, 6) is 2.16. The van der Waals surface area contributed by atoms with E-state index in [1.807, 2.05) is 0 Å². The molecule has 1 aromatic rings. The molecule has 0 aliphatic heterocycles. The minimum absolute atomic E-state index is 0.977. The Hall–Kier alpha value is 0.690. The molecule has 0 nitrogen and oxygen atoms in total. The SMILES string of the molecule is Brc1ccp[pH]1. The van der Waals surface area contributed by atoms with Gasteiger partial charge < -0.3 is 0 Å². The van der Waals surface area contributed by atoms with E-state index in [-0.39, 0.29) is 0 Å². The summed E-state index contributed by atoms with van der Waals surface area (Å²) in [6.07, 6.45) is 0. The van der Waals surface area contributed by atoms with Crippen LogP contribution in [0.15, 0.2) is 16.1 Å². The molecular formula is C3H3BrP2. The molecule has 0 aromatic carbocycles. The molecule has 0 bridgehead atoms. The molecule has 1 aromatic heterocycles. The van der Waals surface area contributed by atoms with Gasteiger partial charge >= 0.3 is 0 Å². The topological polar surface area (TPSA) is 0 Å². The Bertz CT molecular complexity index is 112. The van der Waals surface area contributed by atoms with Crippen molar-refractivity contribution >= 4 is 31.7 Å². The van der Waals surface area contributed by atoms with Gasteiger partial charge in [-0.15, -0.1) is 0 Å². The van der Waals surface area contributed by atoms with Crippen molar-refractivity contribution < 1.29 is 0 Å². The van der Waals surface area contributed by atoms with Gasteiger partial charge in [-0.05, 0) is 27.8 Å². The predicted octanol–water partition coefficient (Wildman–Crippen LogP) is 3.06. The van der Waals surface area contributed by atoms with Gasteiger partial charge in [-0.2, -0.15) is 0 Å². The first kappa shape index (κ1) is 4.84. The van der Waals surface area contributed by atoms with Crippen LogP contribution in [0.25, 0.3) is 0 Å². The number of hydrogen-bond acceptors (Lipinski definition) is 0. The lowest BCUT2D eigenvalue weighted by molar-refractivity contribution is 2.04. The molecule has 0 radical (unpaired) electrons. The fourth-order valence-corrected chi connectivity index (χ4v) is 3.26. The van der Waals surface area contributed by atoms with Crippen LogP contribution in [-0.2, 0) is 0 Å². The average molecular weight is 181 g/mol. The van der Waals surface area contributed by atoms with E-state index in [1.54, 1.807) is 0 Å². The molecule has 0 saturated carbocycles. The van der Waals surface area contributed by atoms with Crippen molar-refractivity contribution in [3.05, 3.63) is 16.1 Å². The molecule has 3 heteroatoms. The molecule has 0 amide bonds. The smallest absolute Gasteiger partial charge is 0.0384 e. The quantitative estimate of drug-likeness (QED) is 0.576. The zero-order chi connectivity index (χ0) is 4.41. The molecule has 0 N–H and O–H groups in total. The van der Waals surface area contributed by atoms with Crippen LogP contribution in [0.5, 0.6) is 0 Å². The van der Waals surface area contributed by atoms with Crippen molar-refractivity contribution in [2.75, 3.05) is 0 Å². The summed E-state index contributed by atoms with van der Waals surface area (Å²) >= 11 is 3.37. The van der Waals surface area contributed by atoms with Gasteiger partial charge in [0.1, 0.15) is 0 Å². The van der Waals surface area contributed by atoms with Crippen molar-refractivity contribution in [2.45, 2.75) is 0 Å². The van der Waals surface area contributed by atoms with Gasteiger partial charge in [0.25, 0.3) is 0 Å². The van der Waals surface area contributed by atoms with Crippen molar-refractivity contribution in [1.29, 1.82) is 0 Å². The van der Waals surface area contributed by atoms with E-state index in [9.17, 15) is 0 Å². The fraction of sp³-hybridized carbons (Fsp3) is 0. The lowest BCUT2D eigenvalue weighted by Gasteiger charge is -1.63. The Morgan fingerprint density at radius 3 is 2.83 bits per heavy atom. The zero-order valence-electron chi connectivity index (χ0n) is 2.98. The Kier molecular flexibility index (Phi) is 1.71. The van der Waals surface area contributed by atoms with E-state index >= 15 is 0 Å². The molecule has 0 saturated heterocycles. The first-order valence-electron chi connectivity index (χ1n) is 1.54. The third-order valence-electron chi connectivity index (χ3n) is 0.467. The summed E-state index contributed by atoms with van der Waals surface area (Å²) in [7, 11) is 2.43. The normalized spacial score (nSPS) is 11.5. The van der Waals surface area contributed by atoms with Crippen LogP contribution in [0.4, 0.5) is 0 Å². The fourth-order valence-electron chi connectivity index (χ4n) is 0.239. The highest BCUT2D eigenvalue weighted by Crippen LogP contribution is 2.30. The first-order chi connectivity index (χ1) is 2.89. The second-order valence-electron chi connectivity index (χ2n) is 0.905. The molecule has 1 rings (SSSR count). The summed E-state index contributed by atoms with van der Waals surface area (Å²) in [5, 5.41) is 0. The van der Waals surface area contributed by atoms with Crippen LogP contribution in [0.2, 0.25) is 0 Å². The van der Waals surface area contributed by atoms with Crippen molar-refractivity contribution in [2.24, 2.45) is 0 Å². The largest absolute Gasteiger partial charge is 0.0958 e. The van der Waals surface area contributed by atoms with Gasteiger partial charge in [0.2, 0.25) is 0 Å². The summed E-state index contributed by atoms with van der Waals surface area (Å²) in [4.78, 5) is 0. The van der Waals surface area contributed by atoms with Crippen LogP contribution in [0.3, 0.4) is 0 Å². The lowest BCUT2D eigenvalue weighted by atomic mass is 10.8. The van der Waals surface area contributed by atoms with Crippen molar-refractivity contribution in [1.82, 2.24) is 0 Å². The summed E-state index contributed by atoms with van der Waals surface area (Å²) in [6, 6.07) is 2.11. The molecule has 1 unspecified atom stereocenters. The maximum absolute atomic E-state index is 3.37. The van der Waals surface area contributed by atoms with Crippen LogP contribution in [0, 0.1) is 0 Å². The Balaban J connectivity index is 3.05. The van der Waals surface area contributed by atoms with Crippen LogP contribution >= 0.6 is 31.7 Å². The number of halogens is 1. The highest BCUT2D eigenvalue weighted by atomic mass is 79.9. The van der Waals surface area contributed by atoms with Gasteiger partial charge in [-0.3, -0.25) is 0 Å². The molecule has 6 heavy (non-hydrogen) atoms.